The van der Waals surface area contributed by atoms with Crippen LogP contribution in [0, 0.1) is 0 Å². The number of hydrogen-bond donors (Lipinski definition) is 3. The minimum atomic E-state index is -0.210. The van der Waals surface area contributed by atoms with Gasteiger partial charge >= 0.3 is 0 Å². The number of methoxy groups -OCH3 is 1. The van der Waals surface area contributed by atoms with Crippen molar-refractivity contribution in [3.8, 4) is 11.5 Å². The van der Waals surface area contributed by atoms with Crippen LogP contribution in [0.1, 0.15) is 17.2 Å². The maximum absolute atomic E-state index is 9.94. The van der Waals surface area contributed by atoms with E-state index in [1.165, 1.54) is 6.33 Å². The van der Waals surface area contributed by atoms with Crippen molar-refractivity contribution in [2.24, 2.45) is 0 Å². The monoisotopic (exact) mass is 346 g/mol. The quantitative estimate of drug-likeness (QED) is 0.511. The van der Waals surface area contributed by atoms with E-state index >= 15 is 0 Å². The van der Waals surface area contributed by atoms with Crippen molar-refractivity contribution in [3.63, 3.8) is 0 Å². The van der Waals surface area contributed by atoms with Gasteiger partial charge in [0.05, 0.1) is 13.2 Å². The Morgan fingerprint density at radius 2 is 2.08 bits per heavy atom. The van der Waals surface area contributed by atoms with E-state index in [1.807, 2.05) is 42.6 Å². The van der Waals surface area contributed by atoms with Crippen molar-refractivity contribution in [1.29, 1.82) is 0 Å². The maximum atomic E-state index is 9.94. The highest BCUT2D eigenvalue weighted by Gasteiger charge is 2.19. The number of phenolic OH excluding ortho intramolecular Hbond substituents is 1. The zero-order valence-electron chi connectivity index (χ0n) is 14.2. The van der Waals surface area contributed by atoms with E-state index in [-0.39, 0.29) is 11.8 Å². The van der Waals surface area contributed by atoms with Crippen molar-refractivity contribution in [2.45, 2.75) is 6.04 Å². The van der Waals surface area contributed by atoms with Gasteiger partial charge in [0.1, 0.15) is 23.6 Å². The molecule has 26 heavy (non-hydrogen) atoms. The second-order valence-corrected chi connectivity index (χ2v) is 5.92. The SMILES string of the molecule is COc1ccc2[nH]cc(C(Nc3ccncn3)c3cccc(O)c3)c2c1. The van der Waals surface area contributed by atoms with E-state index in [9.17, 15) is 5.11 Å². The molecule has 0 radical (unpaired) electrons. The summed E-state index contributed by atoms with van der Waals surface area (Å²) in [5.41, 5.74) is 2.96. The number of H-pyrrole nitrogens is 1. The number of aromatic amines is 1. The molecule has 130 valence electrons. The fraction of sp³-hybridized carbons (Fsp3) is 0.100. The average molecular weight is 346 g/mol. The fourth-order valence-electron chi connectivity index (χ4n) is 3.06. The number of ether oxygens (including phenoxy) is 1. The molecule has 0 fully saturated rings. The van der Waals surface area contributed by atoms with Crippen LogP contribution in [-0.4, -0.2) is 27.2 Å². The Balaban J connectivity index is 1.85. The van der Waals surface area contributed by atoms with Crippen LogP contribution in [-0.2, 0) is 0 Å². The molecule has 6 heteroatoms. The van der Waals surface area contributed by atoms with E-state index in [0.29, 0.717) is 5.82 Å². The number of hydrogen-bond acceptors (Lipinski definition) is 5. The van der Waals surface area contributed by atoms with Gasteiger partial charge in [0.2, 0.25) is 0 Å². The molecule has 3 N–H and O–H groups in total. The lowest BCUT2D eigenvalue weighted by atomic mass is 9.97. The van der Waals surface area contributed by atoms with Gasteiger partial charge in [-0.3, -0.25) is 0 Å². The van der Waals surface area contributed by atoms with Crippen LogP contribution in [0.5, 0.6) is 11.5 Å². The predicted octanol–water partition coefficient (Wildman–Crippen LogP) is 3.87. The van der Waals surface area contributed by atoms with Crippen molar-refractivity contribution >= 4 is 16.7 Å². The lowest BCUT2D eigenvalue weighted by Gasteiger charge is -2.20. The number of anilines is 1. The Hall–Kier alpha value is -3.54. The molecule has 2 heterocycles. The standard InChI is InChI=1S/C20H18N4O2/c1-26-15-5-6-18-16(10-15)17(11-22-18)20(13-3-2-4-14(25)9-13)24-19-7-8-21-12-23-19/h2-12,20,22,25H,1H3,(H,21,23,24). The van der Waals surface area contributed by atoms with Gasteiger partial charge in [0.25, 0.3) is 0 Å². The smallest absolute Gasteiger partial charge is 0.130 e. The van der Waals surface area contributed by atoms with Crippen molar-refractivity contribution in [1.82, 2.24) is 15.0 Å². The molecule has 0 spiro atoms. The fourth-order valence-corrected chi connectivity index (χ4v) is 3.06. The Kier molecular flexibility index (Phi) is 4.15. The van der Waals surface area contributed by atoms with Gasteiger partial charge in [0, 0.05) is 28.9 Å². The molecule has 0 saturated carbocycles. The Bertz CT molecular complexity index is 1030. The molecule has 2 aromatic heterocycles. The average Bonchev–Trinajstić information content (AvgIpc) is 3.09. The van der Waals surface area contributed by atoms with E-state index in [1.54, 1.807) is 25.4 Å². The second kappa shape index (κ2) is 6.76. The molecule has 1 atom stereocenters. The van der Waals surface area contributed by atoms with Crippen LogP contribution in [0.4, 0.5) is 5.82 Å². The molecule has 0 aliphatic rings. The van der Waals surface area contributed by atoms with Gasteiger partial charge in [-0.15, -0.1) is 0 Å². The largest absolute Gasteiger partial charge is 0.508 e. The summed E-state index contributed by atoms with van der Waals surface area (Å²) in [6, 6.07) is 14.7. The van der Waals surface area contributed by atoms with Crippen LogP contribution >= 0.6 is 0 Å². The first kappa shape index (κ1) is 16.0. The summed E-state index contributed by atoms with van der Waals surface area (Å²) in [4.78, 5) is 11.5. The van der Waals surface area contributed by atoms with Crippen LogP contribution in [0.25, 0.3) is 10.9 Å². The summed E-state index contributed by atoms with van der Waals surface area (Å²) >= 11 is 0. The number of nitrogens with one attached hydrogen (secondary N) is 2. The highest BCUT2D eigenvalue weighted by atomic mass is 16.5. The van der Waals surface area contributed by atoms with Crippen molar-refractivity contribution in [3.05, 3.63) is 78.4 Å². The predicted molar refractivity (Wildman–Crippen MR) is 100 cm³/mol. The van der Waals surface area contributed by atoms with Gasteiger partial charge in [-0.2, -0.15) is 0 Å². The second-order valence-electron chi connectivity index (χ2n) is 5.92. The molecule has 1 unspecified atom stereocenters. The summed E-state index contributed by atoms with van der Waals surface area (Å²) in [7, 11) is 1.65. The molecule has 0 amide bonds. The van der Waals surface area contributed by atoms with Crippen molar-refractivity contribution < 1.29 is 9.84 Å². The third-order valence-electron chi connectivity index (χ3n) is 4.31. The first-order chi connectivity index (χ1) is 12.7. The summed E-state index contributed by atoms with van der Waals surface area (Å²) in [6.07, 6.45) is 5.15. The summed E-state index contributed by atoms with van der Waals surface area (Å²) in [5, 5.41) is 14.4. The number of aromatic hydroxyl groups is 1. The lowest BCUT2D eigenvalue weighted by molar-refractivity contribution is 0.415. The van der Waals surface area contributed by atoms with Gasteiger partial charge in [0.15, 0.2) is 0 Å². The summed E-state index contributed by atoms with van der Waals surface area (Å²) in [6.45, 7) is 0. The topological polar surface area (TPSA) is 83.1 Å². The Morgan fingerprint density at radius 3 is 2.85 bits per heavy atom. The van der Waals surface area contributed by atoms with Crippen LogP contribution < -0.4 is 10.1 Å². The number of rotatable bonds is 5. The van der Waals surface area contributed by atoms with E-state index < -0.39 is 0 Å². The van der Waals surface area contributed by atoms with Gasteiger partial charge < -0.3 is 20.1 Å². The van der Waals surface area contributed by atoms with Crippen LogP contribution in [0.3, 0.4) is 0 Å². The normalized spacial score (nSPS) is 12.0. The van der Waals surface area contributed by atoms with E-state index in [2.05, 4.69) is 20.3 Å². The number of nitrogens with zero attached hydrogens (tertiary/aromatic N) is 2. The third kappa shape index (κ3) is 3.04. The first-order valence-electron chi connectivity index (χ1n) is 8.21. The Labute approximate surface area is 150 Å². The first-order valence-corrected chi connectivity index (χ1v) is 8.21. The van der Waals surface area contributed by atoms with Crippen LogP contribution in [0.2, 0.25) is 0 Å². The lowest BCUT2D eigenvalue weighted by Crippen LogP contribution is -2.13. The molecule has 4 rings (SSSR count). The summed E-state index contributed by atoms with van der Waals surface area (Å²) in [5.74, 6) is 1.70. The molecular weight excluding hydrogens is 328 g/mol. The minimum Gasteiger partial charge on any atom is -0.508 e. The van der Waals surface area contributed by atoms with Gasteiger partial charge in [-0.25, -0.2) is 9.97 Å². The Morgan fingerprint density at radius 1 is 1.15 bits per heavy atom. The number of benzene rings is 2. The molecule has 0 aliphatic heterocycles. The zero-order chi connectivity index (χ0) is 17.9. The molecule has 6 nitrogen and oxygen atoms in total. The molecule has 4 aromatic rings. The summed E-state index contributed by atoms with van der Waals surface area (Å²) < 4.78 is 5.37. The van der Waals surface area contributed by atoms with E-state index in [4.69, 9.17) is 4.74 Å². The van der Waals surface area contributed by atoms with Gasteiger partial charge in [-0.05, 0) is 42.0 Å². The molecule has 0 aliphatic carbocycles. The number of phenols is 1. The zero-order valence-corrected chi connectivity index (χ0v) is 14.2. The third-order valence-corrected chi connectivity index (χ3v) is 4.31. The van der Waals surface area contributed by atoms with E-state index in [0.717, 1.165) is 27.8 Å². The highest BCUT2D eigenvalue weighted by molar-refractivity contribution is 5.86. The number of fused-ring (bicyclic) bond motifs is 1. The maximum Gasteiger partial charge on any atom is 0.130 e. The molecule has 0 saturated heterocycles. The molecular formula is C20H18N4O2. The highest BCUT2D eigenvalue weighted by Crippen LogP contribution is 2.34. The molecule has 2 aromatic carbocycles. The number of aromatic nitrogens is 3. The van der Waals surface area contributed by atoms with Crippen molar-refractivity contribution in [2.75, 3.05) is 12.4 Å². The van der Waals surface area contributed by atoms with Crippen LogP contribution in [0.15, 0.2) is 67.3 Å². The van der Waals surface area contributed by atoms with Gasteiger partial charge in [-0.1, -0.05) is 12.1 Å². The minimum absolute atomic E-state index is 0.210. The molecule has 0 bridgehead atoms.